The first-order chi connectivity index (χ1) is 17.3. The number of carboxylic acid groups (broad SMARTS) is 1. The Balaban J connectivity index is 1.37. The van der Waals surface area contributed by atoms with Gasteiger partial charge in [0.2, 0.25) is 0 Å². The van der Waals surface area contributed by atoms with E-state index in [0.717, 1.165) is 16.2 Å². The highest BCUT2D eigenvalue weighted by Crippen LogP contribution is 2.40. The molecule has 3 N–H and O–H groups in total. The monoisotopic (exact) mass is 532 g/mol. The molecule has 0 unspecified atom stereocenters. The highest BCUT2D eigenvalue weighted by atomic mass is 32.2. The fourth-order valence-electron chi connectivity index (χ4n) is 4.00. The molecule has 186 valence electrons. The van der Waals surface area contributed by atoms with Gasteiger partial charge >= 0.3 is 5.65 Å². The molecule has 2 aliphatic heterocycles. The van der Waals surface area contributed by atoms with E-state index in [0.29, 0.717) is 11.2 Å². The first-order valence-corrected chi connectivity index (χ1v) is 12.3. The number of thioether (sulfide) groups is 1. The minimum atomic E-state index is -1.51. The lowest BCUT2D eigenvalue weighted by Crippen LogP contribution is -2.71. The Bertz CT molecular complexity index is 1470. The van der Waals surface area contributed by atoms with E-state index >= 15 is 0 Å². The summed E-state index contributed by atoms with van der Waals surface area (Å²) in [5.74, 6) is -3.25. The number of nitrogens with two attached hydrogens (primary N) is 1. The number of imidazole rings is 1. The van der Waals surface area contributed by atoms with Gasteiger partial charge in [-0.15, -0.1) is 23.1 Å². The molecule has 2 amide bonds. The number of nitrogen functional groups attached to an aromatic ring is 1. The lowest BCUT2D eigenvalue weighted by molar-refractivity contribution is -0.583. The largest absolute Gasteiger partial charge is 0.543 e. The van der Waals surface area contributed by atoms with Crippen LogP contribution in [0.3, 0.4) is 0 Å². The van der Waals surface area contributed by atoms with Gasteiger partial charge in [-0.3, -0.25) is 14.5 Å². The molecular weight excluding hydrogens is 515 g/mol. The van der Waals surface area contributed by atoms with Gasteiger partial charge in [0.15, 0.2) is 17.0 Å². The van der Waals surface area contributed by atoms with Crippen molar-refractivity contribution in [2.24, 2.45) is 5.16 Å². The zero-order valence-electron chi connectivity index (χ0n) is 18.5. The number of oxime groups is 1. The number of carbonyl (C=O) groups is 3. The molecule has 3 aromatic heterocycles. The lowest BCUT2D eigenvalue weighted by atomic mass is 10.0. The van der Waals surface area contributed by atoms with Gasteiger partial charge in [0, 0.05) is 28.8 Å². The number of fused-ring (bicyclic) bond motifs is 2. The number of aromatic nitrogens is 4. The average molecular weight is 533 g/mol. The van der Waals surface area contributed by atoms with E-state index in [-0.39, 0.29) is 34.5 Å². The standard InChI is InChI=1S/C20H17FN8O5S2/c1-34-26-13(10-8-36-20(22)23-10)16(30)24-14-17(31)29-15(19(32)33)9(7-35-18(14)29)6-27-4-5-28-12(27)3-2-11(21)25-28/h2-5,8,14,18H,6-7H2,1H3,(H3-,22,23,24,30,32,33)/b26-13-/t14-,18-/m1/s1. The third-order valence-electron chi connectivity index (χ3n) is 5.54. The predicted molar refractivity (Wildman–Crippen MR) is 122 cm³/mol. The highest BCUT2D eigenvalue weighted by molar-refractivity contribution is 8.00. The molecule has 16 heteroatoms. The van der Waals surface area contributed by atoms with E-state index in [9.17, 15) is 23.9 Å². The number of thiazole rings is 1. The second kappa shape index (κ2) is 9.19. The number of aliphatic carboxylic acids is 1. The molecular formula is C20H17FN8O5S2. The van der Waals surface area contributed by atoms with Gasteiger partial charge in [-0.1, -0.05) is 9.67 Å². The Hall–Kier alpha value is -4.05. The van der Waals surface area contributed by atoms with Crippen LogP contribution in [-0.2, 0) is 25.8 Å². The fourth-order valence-corrected chi connectivity index (χ4v) is 5.88. The number of halogens is 1. The Labute approximate surface area is 210 Å². The summed E-state index contributed by atoms with van der Waals surface area (Å²) in [5.41, 5.74) is 6.34. The normalized spacial score (nSPS) is 19.8. The van der Waals surface area contributed by atoms with Gasteiger partial charge in [-0.05, 0) is 5.10 Å². The minimum Gasteiger partial charge on any atom is -0.543 e. The maximum absolute atomic E-state index is 13.4. The van der Waals surface area contributed by atoms with Crippen LogP contribution in [0.15, 0.2) is 46.3 Å². The predicted octanol–water partition coefficient (Wildman–Crippen LogP) is -1.75. The molecule has 0 aromatic carbocycles. The number of anilines is 1. The van der Waals surface area contributed by atoms with Crippen LogP contribution >= 0.6 is 23.1 Å². The molecule has 2 atom stereocenters. The smallest absolute Gasteiger partial charge is 0.307 e. The molecule has 0 bridgehead atoms. The van der Waals surface area contributed by atoms with E-state index in [2.05, 4.69) is 20.6 Å². The number of rotatable bonds is 7. The molecule has 5 rings (SSSR count). The molecule has 1 saturated heterocycles. The number of hydrogen-bond donors (Lipinski definition) is 2. The number of carbonyl (C=O) groups excluding carboxylic acids is 3. The molecule has 13 nitrogen and oxygen atoms in total. The fraction of sp³-hybridized carbons (Fsp3) is 0.250. The lowest BCUT2D eigenvalue weighted by Gasteiger charge is -2.50. The maximum atomic E-state index is 13.4. The van der Waals surface area contributed by atoms with Gasteiger partial charge < -0.3 is 25.8 Å². The minimum absolute atomic E-state index is 0.115. The number of β-lactam (4-membered cyclic amide) rings is 1. The van der Waals surface area contributed by atoms with Crippen molar-refractivity contribution in [3.05, 3.63) is 52.8 Å². The van der Waals surface area contributed by atoms with Crippen molar-refractivity contribution in [2.45, 2.75) is 18.0 Å². The molecule has 3 aromatic rings. The molecule has 0 spiro atoms. The van der Waals surface area contributed by atoms with Gasteiger partial charge in [0.1, 0.15) is 37.0 Å². The molecule has 0 aliphatic carbocycles. The van der Waals surface area contributed by atoms with Crippen LogP contribution < -0.4 is 20.7 Å². The number of amides is 2. The van der Waals surface area contributed by atoms with E-state index < -0.39 is 35.1 Å². The van der Waals surface area contributed by atoms with Crippen molar-refractivity contribution in [3.8, 4) is 0 Å². The zero-order chi connectivity index (χ0) is 25.6. The third-order valence-corrected chi connectivity index (χ3v) is 7.55. The quantitative estimate of drug-likeness (QED) is 0.155. The van der Waals surface area contributed by atoms with Crippen LogP contribution in [0.25, 0.3) is 5.65 Å². The number of nitrogens with zero attached hydrogens (tertiary/aromatic N) is 6. The summed E-state index contributed by atoms with van der Waals surface area (Å²) >= 11 is 2.40. The van der Waals surface area contributed by atoms with Crippen LogP contribution in [0.5, 0.6) is 0 Å². The van der Waals surface area contributed by atoms with E-state index in [4.69, 9.17) is 10.6 Å². The van der Waals surface area contributed by atoms with Crippen molar-refractivity contribution < 1.29 is 33.2 Å². The van der Waals surface area contributed by atoms with Gasteiger partial charge in [0.05, 0.1) is 11.7 Å². The van der Waals surface area contributed by atoms with Gasteiger partial charge in [-0.25, -0.2) is 9.55 Å². The van der Waals surface area contributed by atoms with Gasteiger partial charge in [-0.2, -0.15) is 4.39 Å². The molecule has 1 fully saturated rings. The summed E-state index contributed by atoms with van der Waals surface area (Å²) < 4.78 is 16.4. The molecule has 5 heterocycles. The van der Waals surface area contributed by atoms with Crippen molar-refractivity contribution in [1.82, 2.24) is 24.9 Å². The SMILES string of the molecule is CO/N=C(\C(=O)N[C@@H]1C(=O)N2C(C(=O)[O-])=C(Cn3cc[n+]4nc(F)ccc34)CS[C@H]12)c1csc(N)n1. The Kier molecular flexibility index (Phi) is 6.05. The highest BCUT2D eigenvalue weighted by Gasteiger charge is 2.53. The Morgan fingerprint density at radius 1 is 1.44 bits per heavy atom. The van der Waals surface area contributed by atoms with Crippen molar-refractivity contribution in [2.75, 3.05) is 18.6 Å². The van der Waals surface area contributed by atoms with Crippen LogP contribution in [0.1, 0.15) is 5.69 Å². The summed E-state index contributed by atoms with van der Waals surface area (Å²) in [6, 6.07) is 1.71. The Morgan fingerprint density at radius 2 is 2.25 bits per heavy atom. The van der Waals surface area contributed by atoms with Crippen LogP contribution in [0.2, 0.25) is 0 Å². The molecule has 0 radical (unpaired) electrons. The molecule has 2 aliphatic rings. The van der Waals surface area contributed by atoms with Crippen molar-refractivity contribution in [3.63, 3.8) is 0 Å². The number of carboxylic acids is 1. The third kappa shape index (κ3) is 4.03. The second-order valence-corrected chi connectivity index (χ2v) is 9.67. The van der Waals surface area contributed by atoms with Crippen LogP contribution in [-0.4, -0.2) is 67.3 Å². The maximum Gasteiger partial charge on any atom is 0.307 e. The van der Waals surface area contributed by atoms with E-state index in [1.54, 1.807) is 10.8 Å². The van der Waals surface area contributed by atoms with Crippen molar-refractivity contribution >= 4 is 57.4 Å². The first kappa shape index (κ1) is 23.7. The number of nitrogens with one attached hydrogen (secondary N) is 1. The topological polar surface area (TPSA) is 172 Å². The second-order valence-electron chi connectivity index (χ2n) is 7.68. The molecule has 0 saturated carbocycles. The first-order valence-electron chi connectivity index (χ1n) is 10.3. The summed E-state index contributed by atoms with van der Waals surface area (Å²) in [6.07, 6.45) is 3.16. The van der Waals surface area contributed by atoms with Crippen LogP contribution in [0, 0.1) is 5.95 Å². The summed E-state index contributed by atoms with van der Waals surface area (Å²) in [4.78, 5) is 47.7. The van der Waals surface area contributed by atoms with E-state index in [1.807, 2.05) is 0 Å². The van der Waals surface area contributed by atoms with Crippen LogP contribution in [0.4, 0.5) is 9.52 Å². The van der Waals surface area contributed by atoms with Crippen molar-refractivity contribution in [1.29, 1.82) is 0 Å². The average Bonchev–Trinajstić information content (AvgIpc) is 3.45. The molecule has 36 heavy (non-hydrogen) atoms. The summed E-state index contributed by atoms with van der Waals surface area (Å²) in [5, 5.41) is 23.1. The van der Waals surface area contributed by atoms with Gasteiger partial charge in [0.25, 0.3) is 17.8 Å². The number of hydrogen-bond acceptors (Lipinski definition) is 11. The summed E-state index contributed by atoms with van der Waals surface area (Å²) in [6.45, 7) is 0.115. The summed E-state index contributed by atoms with van der Waals surface area (Å²) in [7, 11) is 1.26. The zero-order valence-corrected chi connectivity index (χ0v) is 20.1. The Morgan fingerprint density at radius 3 is 2.94 bits per heavy atom. The van der Waals surface area contributed by atoms with E-state index in [1.165, 1.54) is 47.1 Å².